The maximum atomic E-state index is 12.7. The Balaban J connectivity index is 1.72. The SMILES string of the molecule is O=C(Nc1cc(C(F)(F)F)ccc1O)[C@@H]1C[C@@H]1c1cccnc1. The molecule has 1 saturated carbocycles. The Morgan fingerprint density at radius 3 is 2.74 bits per heavy atom. The van der Waals surface area contributed by atoms with Gasteiger partial charge in [0.25, 0.3) is 0 Å². The number of pyridine rings is 1. The van der Waals surface area contributed by atoms with Crippen molar-refractivity contribution in [2.45, 2.75) is 18.5 Å². The van der Waals surface area contributed by atoms with Crippen molar-refractivity contribution >= 4 is 11.6 Å². The number of nitrogens with one attached hydrogen (secondary N) is 1. The molecule has 0 unspecified atom stereocenters. The van der Waals surface area contributed by atoms with Crippen LogP contribution in [-0.4, -0.2) is 16.0 Å². The number of carbonyl (C=O) groups excluding carboxylic acids is 1. The fourth-order valence-electron chi connectivity index (χ4n) is 2.49. The second kappa shape index (κ2) is 5.57. The first-order valence-electron chi connectivity index (χ1n) is 6.97. The Kier molecular flexibility index (Phi) is 3.71. The Hall–Kier alpha value is -2.57. The molecule has 1 aliphatic carbocycles. The normalized spacial score (nSPS) is 20.1. The molecular weight excluding hydrogens is 309 g/mol. The van der Waals surface area contributed by atoms with Crippen LogP contribution in [0.2, 0.25) is 0 Å². The highest BCUT2D eigenvalue weighted by Crippen LogP contribution is 2.48. The molecule has 0 aliphatic heterocycles. The fraction of sp³-hybridized carbons (Fsp3) is 0.250. The third-order valence-electron chi connectivity index (χ3n) is 3.82. The molecule has 120 valence electrons. The van der Waals surface area contributed by atoms with Crippen LogP contribution in [0, 0.1) is 5.92 Å². The minimum absolute atomic E-state index is 0.0108. The smallest absolute Gasteiger partial charge is 0.416 e. The topological polar surface area (TPSA) is 62.2 Å². The zero-order chi connectivity index (χ0) is 16.6. The van der Waals surface area contributed by atoms with E-state index in [1.54, 1.807) is 18.5 Å². The summed E-state index contributed by atoms with van der Waals surface area (Å²) in [7, 11) is 0. The fourth-order valence-corrected chi connectivity index (χ4v) is 2.49. The van der Waals surface area contributed by atoms with E-state index in [4.69, 9.17) is 0 Å². The highest BCUT2D eigenvalue weighted by atomic mass is 19.4. The molecule has 23 heavy (non-hydrogen) atoms. The number of aromatic hydroxyl groups is 1. The molecule has 2 atom stereocenters. The van der Waals surface area contributed by atoms with E-state index in [0.717, 1.165) is 23.8 Å². The Labute approximate surface area is 130 Å². The number of anilines is 1. The molecule has 3 rings (SSSR count). The van der Waals surface area contributed by atoms with Gasteiger partial charge in [-0.25, -0.2) is 0 Å². The number of phenols is 1. The van der Waals surface area contributed by atoms with Gasteiger partial charge in [0.1, 0.15) is 5.75 Å². The van der Waals surface area contributed by atoms with E-state index in [-0.39, 0.29) is 17.5 Å². The molecule has 0 bridgehead atoms. The van der Waals surface area contributed by atoms with Gasteiger partial charge < -0.3 is 10.4 Å². The van der Waals surface area contributed by atoms with E-state index >= 15 is 0 Å². The molecule has 1 aliphatic rings. The first-order chi connectivity index (χ1) is 10.9. The van der Waals surface area contributed by atoms with Crippen LogP contribution in [0.1, 0.15) is 23.5 Å². The van der Waals surface area contributed by atoms with Gasteiger partial charge in [-0.3, -0.25) is 9.78 Å². The second-order valence-electron chi connectivity index (χ2n) is 5.45. The Morgan fingerprint density at radius 2 is 2.09 bits per heavy atom. The Morgan fingerprint density at radius 1 is 1.30 bits per heavy atom. The predicted octanol–water partition coefficient (Wildman–Crippen LogP) is 3.55. The van der Waals surface area contributed by atoms with E-state index in [1.807, 2.05) is 6.07 Å². The number of amides is 1. The summed E-state index contributed by atoms with van der Waals surface area (Å²) in [4.78, 5) is 16.1. The molecular formula is C16H13F3N2O2. The van der Waals surface area contributed by atoms with Gasteiger partial charge in [0.15, 0.2) is 0 Å². The quantitative estimate of drug-likeness (QED) is 0.850. The number of halogens is 3. The van der Waals surface area contributed by atoms with E-state index < -0.39 is 23.4 Å². The van der Waals surface area contributed by atoms with Crippen molar-refractivity contribution in [1.82, 2.24) is 4.98 Å². The van der Waals surface area contributed by atoms with E-state index in [2.05, 4.69) is 10.3 Å². The molecule has 0 saturated heterocycles. The number of nitrogens with zero attached hydrogens (tertiary/aromatic N) is 1. The lowest BCUT2D eigenvalue weighted by Crippen LogP contribution is -2.15. The monoisotopic (exact) mass is 322 g/mol. The average Bonchev–Trinajstić information content (AvgIpc) is 3.30. The number of hydrogen-bond donors (Lipinski definition) is 2. The largest absolute Gasteiger partial charge is 0.506 e. The van der Waals surface area contributed by atoms with Crippen molar-refractivity contribution in [3.8, 4) is 5.75 Å². The van der Waals surface area contributed by atoms with Crippen LogP contribution < -0.4 is 5.32 Å². The summed E-state index contributed by atoms with van der Waals surface area (Å²) < 4.78 is 38.1. The maximum Gasteiger partial charge on any atom is 0.416 e. The minimum atomic E-state index is -4.54. The van der Waals surface area contributed by atoms with Crippen molar-refractivity contribution in [2.24, 2.45) is 5.92 Å². The molecule has 1 aromatic heterocycles. The summed E-state index contributed by atoms with van der Waals surface area (Å²) >= 11 is 0. The number of benzene rings is 1. The standard InChI is InChI=1S/C16H13F3N2O2/c17-16(18,19)10-3-4-14(22)13(6-10)21-15(23)12-7-11(12)9-2-1-5-20-8-9/h1-6,8,11-12,22H,7H2,(H,21,23)/t11-,12-/m1/s1. The zero-order valence-electron chi connectivity index (χ0n) is 11.8. The summed E-state index contributed by atoms with van der Waals surface area (Å²) in [6.07, 6.45) is -0.635. The summed E-state index contributed by atoms with van der Waals surface area (Å²) in [5.74, 6) is -1.12. The number of carbonyl (C=O) groups is 1. The molecule has 0 spiro atoms. The van der Waals surface area contributed by atoms with Crippen LogP contribution in [0.25, 0.3) is 0 Å². The van der Waals surface area contributed by atoms with E-state index in [1.165, 1.54) is 0 Å². The maximum absolute atomic E-state index is 12.7. The molecule has 2 N–H and O–H groups in total. The predicted molar refractivity (Wildman–Crippen MR) is 76.8 cm³/mol. The number of phenolic OH excluding ortho intramolecular Hbond substituents is 1. The van der Waals surface area contributed by atoms with Gasteiger partial charge in [-0.15, -0.1) is 0 Å². The third-order valence-corrected chi connectivity index (χ3v) is 3.82. The first kappa shape index (κ1) is 15.3. The van der Waals surface area contributed by atoms with Crippen molar-refractivity contribution in [2.75, 3.05) is 5.32 Å². The number of hydrogen-bond acceptors (Lipinski definition) is 3. The molecule has 4 nitrogen and oxygen atoms in total. The van der Waals surface area contributed by atoms with Crippen LogP contribution >= 0.6 is 0 Å². The third kappa shape index (κ3) is 3.28. The molecule has 1 amide bonds. The molecule has 0 radical (unpaired) electrons. The highest BCUT2D eigenvalue weighted by Gasteiger charge is 2.44. The minimum Gasteiger partial charge on any atom is -0.506 e. The molecule has 2 aromatic rings. The number of aromatic nitrogens is 1. The van der Waals surface area contributed by atoms with Crippen LogP contribution in [0.5, 0.6) is 5.75 Å². The van der Waals surface area contributed by atoms with Crippen molar-refractivity contribution < 1.29 is 23.1 Å². The molecule has 7 heteroatoms. The van der Waals surface area contributed by atoms with E-state index in [9.17, 15) is 23.1 Å². The van der Waals surface area contributed by atoms with Crippen LogP contribution in [0.3, 0.4) is 0 Å². The lowest BCUT2D eigenvalue weighted by Gasteiger charge is -2.11. The highest BCUT2D eigenvalue weighted by molar-refractivity contribution is 5.96. The molecule has 1 aromatic carbocycles. The van der Waals surface area contributed by atoms with Crippen LogP contribution in [-0.2, 0) is 11.0 Å². The van der Waals surface area contributed by atoms with Gasteiger partial charge in [0, 0.05) is 18.3 Å². The second-order valence-corrected chi connectivity index (χ2v) is 5.45. The van der Waals surface area contributed by atoms with Gasteiger partial charge in [-0.2, -0.15) is 13.2 Å². The molecule has 1 fully saturated rings. The number of alkyl halides is 3. The van der Waals surface area contributed by atoms with Crippen molar-refractivity contribution in [3.05, 3.63) is 53.9 Å². The van der Waals surface area contributed by atoms with Gasteiger partial charge in [0.05, 0.1) is 11.3 Å². The van der Waals surface area contributed by atoms with E-state index in [0.29, 0.717) is 6.42 Å². The average molecular weight is 322 g/mol. The van der Waals surface area contributed by atoms with Gasteiger partial charge >= 0.3 is 6.18 Å². The number of rotatable bonds is 3. The summed E-state index contributed by atoms with van der Waals surface area (Å²) in [6.45, 7) is 0. The zero-order valence-corrected chi connectivity index (χ0v) is 11.8. The molecule has 1 heterocycles. The summed E-state index contributed by atoms with van der Waals surface area (Å²) in [6, 6.07) is 6.03. The van der Waals surface area contributed by atoms with Gasteiger partial charge in [-0.05, 0) is 42.2 Å². The van der Waals surface area contributed by atoms with Crippen LogP contribution in [0.4, 0.5) is 18.9 Å². The van der Waals surface area contributed by atoms with Gasteiger partial charge in [0.2, 0.25) is 5.91 Å². The first-order valence-corrected chi connectivity index (χ1v) is 6.97. The lowest BCUT2D eigenvalue weighted by molar-refractivity contribution is -0.137. The van der Waals surface area contributed by atoms with Gasteiger partial charge in [-0.1, -0.05) is 6.07 Å². The summed E-state index contributed by atoms with van der Waals surface area (Å²) in [5, 5.41) is 12.0. The lowest BCUT2D eigenvalue weighted by atomic mass is 10.1. The summed E-state index contributed by atoms with van der Waals surface area (Å²) in [5.41, 5.74) is -0.243. The van der Waals surface area contributed by atoms with Crippen LogP contribution in [0.15, 0.2) is 42.7 Å². The van der Waals surface area contributed by atoms with Crippen molar-refractivity contribution in [1.29, 1.82) is 0 Å². The van der Waals surface area contributed by atoms with Crippen molar-refractivity contribution in [3.63, 3.8) is 0 Å². The Bertz CT molecular complexity index is 732.